The van der Waals surface area contributed by atoms with E-state index in [1.807, 2.05) is 0 Å². The third-order valence-corrected chi connectivity index (χ3v) is 3.12. The van der Waals surface area contributed by atoms with Crippen LogP contribution < -0.4 is 0 Å². The summed E-state index contributed by atoms with van der Waals surface area (Å²) in [6.07, 6.45) is -3.05. The molecule has 0 aliphatic carbocycles. The molecule has 0 bridgehead atoms. The number of benzene rings is 2. The monoisotopic (exact) mass is 305 g/mol. The van der Waals surface area contributed by atoms with Crippen LogP contribution in [0.5, 0.6) is 5.75 Å². The summed E-state index contributed by atoms with van der Waals surface area (Å²) in [5.41, 5.74) is -0.0742. The molecule has 0 aliphatic heterocycles. The highest BCUT2D eigenvalue weighted by Crippen LogP contribution is 2.36. The van der Waals surface area contributed by atoms with Crippen LogP contribution in [0.1, 0.15) is 5.56 Å². The Morgan fingerprint density at radius 1 is 0.955 bits per heavy atom. The quantitative estimate of drug-likeness (QED) is 0.786. The molecule has 0 saturated heterocycles. The topological polar surface area (TPSA) is 50.9 Å². The molecule has 2 aromatic carbocycles. The molecule has 1 heterocycles. The Labute approximate surface area is 123 Å². The maximum atomic E-state index is 13.0. The molecule has 0 fully saturated rings. The minimum absolute atomic E-state index is 0.0278. The van der Waals surface area contributed by atoms with Gasteiger partial charge in [0.25, 0.3) is 0 Å². The summed E-state index contributed by atoms with van der Waals surface area (Å²) in [6.45, 7) is 0. The molecule has 0 spiro atoms. The van der Waals surface area contributed by atoms with E-state index in [-0.39, 0.29) is 17.0 Å². The van der Waals surface area contributed by atoms with E-state index in [0.29, 0.717) is 5.69 Å². The number of nitrogens with zero attached hydrogens (tertiary/aromatic N) is 3. The molecule has 112 valence electrons. The predicted octanol–water partition coefficient (Wildman–Crippen LogP) is 3.66. The number of hydrogen-bond acceptors (Lipinski definition) is 3. The maximum Gasteiger partial charge on any atom is 0.417 e. The number of hydrogen-bond donors (Lipinski definition) is 1. The molecule has 0 unspecified atom stereocenters. The molecule has 4 nitrogen and oxygen atoms in total. The summed E-state index contributed by atoms with van der Waals surface area (Å²) >= 11 is 0. The van der Waals surface area contributed by atoms with Gasteiger partial charge in [0, 0.05) is 5.56 Å². The van der Waals surface area contributed by atoms with E-state index in [1.54, 1.807) is 12.1 Å². The van der Waals surface area contributed by atoms with Gasteiger partial charge in [-0.1, -0.05) is 23.4 Å². The van der Waals surface area contributed by atoms with Gasteiger partial charge in [-0.25, -0.2) is 4.68 Å². The number of aromatic hydroxyl groups is 1. The van der Waals surface area contributed by atoms with Crippen LogP contribution in [0.3, 0.4) is 0 Å². The zero-order valence-electron chi connectivity index (χ0n) is 11.1. The van der Waals surface area contributed by atoms with Gasteiger partial charge in [0.2, 0.25) is 0 Å². The van der Waals surface area contributed by atoms with Gasteiger partial charge >= 0.3 is 6.18 Å². The molecule has 22 heavy (non-hydrogen) atoms. The van der Waals surface area contributed by atoms with E-state index in [1.165, 1.54) is 41.2 Å². The minimum Gasteiger partial charge on any atom is -0.508 e. The van der Waals surface area contributed by atoms with Gasteiger partial charge in [0.05, 0.1) is 17.4 Å². The molecular formula is C15H10F3N3O. The Morgan fingerprint density at radius 2 is 1.64 bits per heavy atom. The van der Waals surface area contributed by atoms with E-state index in [0.717, 1.165) is 6.07 Å². The van der Waals surface area contributed by atoms with Crippen LogP contribution in [0.25, 0.3) is 16.9 Å². The molecule has 1 aromatic heterocycles. The lowest BCUT2D eigenvalue weighted by molar-refractivity contribution is -0.137. The Kier molecular flexibility index (Phi) is 3.32. The number of aromatic nitrogens is 3. The second-order valence-electron chi connectivity index (χ2n) is 4.61. The first-order valence-corrected chi connectivity index (χ1v) is 6.33. The highest BCUT2D eigenvalue weighted by Gasteiger charge is 2.33. The second kappa shape index (κ2) is 5.18. The van der Waals surface area contributed by atoms with Gasteiger partial charge in [-0.3, -0.25) is 0 Å². The predicted molar refractivity (Wildman–Crippen MR) is 73.5 cm³/mol. The minimum atomic E-state index is -4.46. The fourth-order valence-corrected chi connectivity index (χ4v) is 2.07. The first kappa shape index (κ1) is 14.1. The van der Waals surface area contributed by atoms with Crippen molar-refractivity contribution in [2.24, 2.45) is 0 Å². The average molecular weight is 305 g/mol. The molecule has 0 atom stereocenters. The summed E-state index contributed by atoms with van der Waals surface area (Å²) in [6, 6.07) is 11.3. The molecule has 3 aromatic rings. The molecule has 0 amide bonds. The number of phenols is 1. The van der Waals surface area contributed by atoms with E-state index < -0.39 is 11.7 Å². The fourth-order valence-electron chi connectivity index (χ4n) is 2.07. The third kappa shape index (κ3) is 2.65. The van der Waals surface area contributed by atoms with E-state index in [4.69, 9.17) is 0 Å². The first-order valence-electron chi connectivity index (χ1n) is 6.33. The van der Waals surface area contributed by atoms with E-state index in [9.17, 15) is 18.3 Å². The van der Waals surface area contributed by atoms with Crippen molar-refractivity contribution < 1.29 is 18.3 Å². The molecule has 0 saturated carbocycles. The van der Waals surface area contributed by atoms with E-state index >= 15 is 0 Å². The van der Waals surface area contributed by atoms with Crippen LogP contribution in [-0.4, -0.2) is 20.1 Å². The van der Waals surface area contributed by atoms with Gasteiger partial charge in [0.1, 0.15) is 11.4 Å². The lowest BCUT2D eigenvalue weighted by atomic mass is 10.0. The van der Waals surface area contributed by atoms with E-state index in [2.05, 4.69) is 10.3 Å². The van der Waals surface area contributed by atoms with Crippen molar-refractivity contribution in [1.82, 2.24) is 15.0 Å². The SMILES string of the molecule is Oc1ccc(-n2cc(-c3ccccc3C(F)(F)F)nn2)cc1. The fraction of sp³-hybridized carbons (Fsp3) is 0.0667. The Hall–Kier alpha value is -2.83. The Bertz CT molecular complexity index is 794. The normalized spacial score (nSPS) is 11.6. The number of halogens is 3. The molecule has 0 radical (unpaired) electrons. The second-order valence-corrected chi connectivity index (χ2v) is 4.61. The molecular weight excluding hydrogens is 295 g/mol. The average Bonchev–Trinajstić information content (AvgIpc) is 2.97. The zero-order chi connectivity index (χ0) is 15.7. The lowest BCUT2D eigenvalue weighted by Gasteiger charge is -2.10. The number of alkyl halides is 3. The summed E-state index contributed by atoms with van der Waals surface area (Å²) in [5, 5.41) is 16.9. The first-order chi connectivity index (χ1) is 10.4. The van der Waals surface area contributed by atoms with Crippen LogP contribution in [0.15, 0.2) is 54.7 Å². The summed E-state index contributed by atoms with van der Waals surface area (Å²) in [7, 11) is 0. The van der Waals surface area contributed by atoms with Gasteiger partial charge in [0.15, 0.2) is 0 Å². The molecule has 7 heteroatoms. The van der Waals surface area contributed by atoms with Crippen LogP contribution >= 0.6 is 0 Å². The molecule has 0 aliphatic rings. The van der Waals surface area contributed by atoms with Crippen molar-refractivity contribution >= 4 is 0 Å². The Morgan fingerprint density at radius 3 is 2.32 bits per heavy atom. The van der Waals surface area contributed by atoms with Crippen LogP contribution in [0.4, 0.5) is 13.2 Å². The van der Waals surface area contributed by atoms with Gasteiger partial charge in [-0.2, -0.15) is 13.2 Å². The zero-order valence-corrected chi connectivity index (χ0v) is 11.1. The lowest BCUT2D eigenvalue weighted by Crippen LogP contribution is -2.06. The van der Waals surface area contributed by atoms with Crippen molar-refractivity contribution in [3.63, 3.8) is 0 Å². The summed E-state index contributed by atoms with van der Waals surface area (Å²) in [4.78, 5) is 0. The van der Waals surface area contributed by atoms with Gasteiger partial charge in [-0.05, 0) is 30.3 Å². The van der Waals surface area contributed by atoms with Crippen molar-refractivity contribution in [2.75, 3.05) is 0 Å². The number of phenolic OH excluding ortho intramolecular Hbond substituents is 1. The van der Waals surface area contributed by atoms with Crippen molar-refractivity contribution in [2.45, 2.75) is 6.18 Å². The van der Waals surface area contributed by atoms with Crippen LogP contribution in [-0.2, 0) is 6.18 Å². The molecule has 3 rings (SSSR count). The maximum absolute atomic E-state index is 13.0. The van der Waals surface area contributed by atoms with Gasteiger partial charge in [-0.15, -0.1) is 5.10 Å². The highest BCUT2D eigenvalue weighted by molar-refractivity contribution is 5.63. The molecule has 1 N–H and O–H groups in total. The van der Waals surface area contributed by atoms with Gasteiger partial charge < -0.3 is 5.11 Å². The van der Waals surface area contributed by atoms with Crippen molar-refractivity contribution in [1.29, 1.82) is 0 Å². The van der Waals surface area contributed by atoms with Crippen molar-refractivity contribution in [3.05, 3.63) is 60.3 Å². The highest BCUT2D eigenvalue weighted by atomic mass is 19.4. The number of rotatable bonds is 2. The standard InChI is InChI=1S/C15H10F3N3O/c16-15(17,18)13-4-2-1-3-12(13)14-9-21(20-19-14)10-5-7-11(22)8-6-10/h1-9,22H. The summed E-state index contributed by atoms with van der Waals surface area (Å²) in [5.74, 6) is 0.0894. The third-order valence-electron chi connectivity index (χ3n) is 3.12. The largest absolute Gasteiger partial charge is 0.508 e. The van der Waals surface area contributed by atoms with Crippen molar-refractivity contribution in [3.8, 4) is 22.7 Å². The smallest absolute Gasteiger partial charge is 0.417 e. The van der Waals surface area contributed by atoms with Crippen LogP contribution in [0, 0.1) is 0 Å². The summed E-state index contributed by atoms with van der Waals surface area (Å²) < 4.78 is 40.4. The van der Waals surface area contributed by atoms with Crippen LogP contribution in [0.2, 0.25) is 0 Å². The Balaban J connectivity index is 2.03.